The highest BCUT2D eigenvalue weighted by molar-refractivity contribution is 7.93. The normalized spacial score (nSPS) is 11.3. The Morgan fingerprint density at radius 3 is 2.89 bits per heavy atom. The van der Waals surface area contributed by atoms with E-state index in [1.165, 1.54) is 24.6 Å². The molecule has 0 saturated carbocycles. The minimum atomic E-state index is -3.80. The van der Waals surface area contributed by atoms with Gasteiger partial charge >= 0.3 is 5.97 Å². The molecule has 2 aromatic heterocycles. The molecule has 0 atom stereocenters. The van der Waals surface area contributed by atoms with Crippen molar-refractivity contribution in [1.29, 1.82) is 0 Å². The molecule has 10 heteroatoms. The number of nitrogens with zero attached hydrogens (tertiary/aromatic N) is 1. The number of carbonyl (C=O) groups is 1. The van der Waals surface area contributed by atoms with Gasteiger partial charge in [0.1, 0.15) is 0 Å². The number of hydrogen-bond donors (Lipinski definition) is 1. The Morgan fingerprint density at radius 2 is 2.15 bits per heavy atom. The molecule has 3 rings (SSSR count). The first-order valence-electron chi connectivity index (χ1n) is 7.80. The number of benzene rings is 1. The smallest absolute Gasteiger partial charge is 0.374 e. The van der Waals surface area contributed by atoms with Crippen LogP contribution in [-0.4, -0.2) is 26.0 Å². The standard InChI is InChI=1S/C17H15ClN2O5S2/c1-11-13(18)4-2-6-15(11)27(22,23)20-17-19-10-12(26-17)7-9-25-16(21)14-5-3-8-24-14/h2-6,8,10H,7,9H2,1H3,(H,19,20). The van der Waals surface area contributed by atoms with Gasteiger partial charge in [-0.15, -0.1) is 11.3 Å². The van der Waals surface area contributed by atoms with Gasteiger partial charge in [-0.25, -0.2) is 18.2 Å². The molecule has 3 aromatic rings. The molecule has 7 nitrogen and oxygen atoms in total. The van der Waals surface area contributed by atoms with Crippen LogP contribution >= 0.6 is 22.9 Å². The summed E-state index contributed by atoms with van der Waals surface area (Å²) in [6.07, 6.45) is 3.33. The summed E-state index contributed by atoms with van der Waals surface area (Å²) in [4.78, 5) is 16.6. The fourth-order valence-corrected chi connectivity index (χ4v) is 4.76. The number of halogens is 1. The van der Waals surface area contributed by atoms with Crippen molar-refractivity contribution in [3.05, 3.63) is 64.0 Å². The van der Waals surface area contributed by atoms with Crippen LogP contribution in [0.4, 0.5) is 5.13 Å². The molecule has 0 spiro atoms. The van der Waals surface area contributed by atoms with E-state index in [1.807, 2.05) is 0 Å². The lowest BCUT2D eigenvalue weighted by atomic mass is 10.2. The maximum absolute atomic E-state index is 12.5. The highest BCUT2D eigenvalue weighted by Gasteiger charge is 2.20. The van der Waals surface area contributed by atoms with Gasteiger partial charge in [0, 0.05) is 22.5 Å². The van der Waals surface area contributed by atoms with E-state index >= 15 is 0 Å². The van der Waals surface area contributed by atoms with Crippen molar-refractivity contribution in [1.82, 2.24) is 4.98 Å². The van der Waals surface area contributed by atoms with Gasteiger partial charge in [-0.2, -0.15) is 0 Å². The van der Waals surface area contributed by atoms with Crippen LogP contribution in [0.3, 0.4) is 0 Å². The van der Waals surface area contributed by atoms with Crippen LogP contribution in [0.15, 0.2) is 52.1 Å². The Labute approximate surface area is 165 Å². The number of nitrogens with one attached hydrogen (secondary N) is 1. The molecule has 0 bridgehead atoms. The second-order valence-corrected chi connectivity index (χ2v) is 8.64. The number of sulfonamides is 1. The molecular formula is C17H15ClN2O5S2. The van der Waals surface area contributed by atoms with Crippen molar-refractivity contribution in [2.24, 2.45) is 0 Å². The van der Waals surface area contributed by atoms with Gasteiger partial charge in [-0.3, -0.25) is 4.72 Å². The van der Waals surface area contributed by atoms with E-state index in [4.69, 9.17) is 20.8 Å². The number of hydrogen-bond acceptors (Lipinski definition) is 7. The van der Waals surface area contributed by atoms with E-state index in [0.717, 1.165) is 16.2 Å². The Kier molecular flexibility index (Phi) is 5.83. The predicted octanol–water partition coefficient (Wildman–Crippen LogP) is 3.90. The minimum Gasteiger partial charge on any atom is -0.459 e. The quantitative estimate of drug-likeness (QED) is 0.575. The predicted molar refractivity (Wildman–Crippen MR) is 102 cm³/mol. The number of carbonyl (C=O) groups excluding carboxylic acids is 1. The lowest BCUT2D eigenvalue weighted by molar-refractivity contribution is 0.0473. The summed E-state index contributed by atoms with van der Waals surface area (Å²) in [7, 11) is -3.80. The van der Waals surface area contributed by atoms with Gasteiger partial charge in [-0.1, -0.05) is 17.7 Å². The van der Waals surface area contributed by atoms with Crippen molar-refractivity contribution in [2.75, 3.05) is 11.3 Å². The number of thiazole rings is 1. The first-order chi connectivity index (χ1) is 12.9. The van der Waals surface area contributed by atoms with Crippen LogP contribution in [0, 0.1) is 6.92 Å². The highest BCUT2D eigenvalue weighted by Crippen LogP contribution is 2.26. The number of ether oxygens (including phenoxy) is 1. The van der Waals surface area contributed by atoms with Crippen LogP contribution in [0.1, 0.15) is 21.0 Å². The summed E-state index contributed by atoms with van der Waals surface area (Å²) < 4.78 is 37.6. The van der Waals surface area contributed by atoms with E-state index in [0.29, 0.717) is 17.0 Å². The third-order valence-electron chi connectivity index (χ3n) is 3.59. The molecule has 0 unspecified atom stereocenters. The van der Waals surface area contributed by atoms with E-state index < -0.39 is 16.0 Å². The Morgan fingerprint density at radius 1 is 1.33 bits per heavy atom. The topological polar surface area (TPSA) is 98.5 Å². The molecule has 1 aromatic carbocycles. The third-order valence-corrected chi connectivity index (χ3v) is 6.58. The summed E-state index contributed by atoms with van der Waals surface area (Å²) in [6.45, 7) is 1.76. The summed E-state index contributed by atoms with van der Waals surface area (Å²) in [5.41, 5.74) is 0.466. The van der Waals surface area contributed by atoms with Gasteiger partial charge < -0.3 is 9.15 Å². The van der Waals surface area contributed by atoms with Crippen LogP contribution in [0.2, 0.25) is 5.02 Å². The largest absolute Gasteiger partial charge is 0.459 e. The van der Waals surface area contributed by atoms with Gasteiger partial charge in [0.25, 0.3) is 10.0 Å². The van der Waals surface area contributed by atoms with Crippen molar-refractivity contribution < 1.29 is 22.4 Å². The maximum atomic E-state index is 12.5. The molecule has 1 N–H and O–H groups in total. The first-order valence-corrected chi connectivity index (χ1v) is 10.5. The van der Waals surface area contributed by atoms with Crippen LogP contribution < -0.4 is 4.72 Å². The Hall–Kier alpha value is -2.36. The molecule has 0 aliphatic heterocycles. The Balaban J connectivity index is 1.60. The SMILES string of the molecule is Cc1c(Cl)cccc1S(=O)(=O)Nc1ncc(CCOC(=O)c2ccco2)s1. The summed E-state index contributed by atoms with van der Waals surface area (Å²) in [5, 5.41) is 0.595. The van der Waals surface area contributed by atoms with Gasteiger partial charge in [0.2, 0.25) is 5.76 Å². The summed E-state index contributed by atoms with van der Waals surface area (Å²) in [5.74, 6) is -0.425. The molecule has 0 saturated heterocycles. The summed E-state index contributed by atoms with van der Waals surface area (Å²) >= 11 is 7.16. The minimum absolute atomic E-state index is 0.0964. The van der Waals surface area contributed by atoms with Gasteiger partial charge in [-0.05, 0) is 36.8 Å². The van der Waals surface area contributed by atoms with E-state index in [9.17, 15) is 13.2 Å². The van der Waals surface area contributed by atoms with Crippen LogP contribution in [-0.2, 0) is 21.2 Å². The Bertz CT molecular complexity index is 1050. The number of furan rings is 1. The lowest BCUT2D eigenvalue weighted by Crippen LogP contribution is -2.14. The fraction of sp³-hybridized carbons (Fsp3) is 0.176. The van der Waals surface area contributed by atoms with E-state index in [1.54, 1.807) is 25.1 Å². The number of aromatic nitrogens is 1. The highest BCUT2D eigenvalue weighted by atomic mass is 35.5. The van der Waals surface area contributed by atoms with Crippen LogP contribution in [0.25, 0.3) is 0 Å². The fourth-order valence-electron chi connectivity index (χ4n) is 2.23. The van der Waals surface area contributed by atoms with Crippen LogP contribution in [0.5, 0.6) is 0 Å². The molecule has 2 heterocycles. The maximum Gasteiger partial charge on any atom is 0.374 e. The van der Waals surface area contributed by atoms with E-state index in [2.05, 4.69) is 9.71 Å². The average molecular weight is 427 g/mol. The third kappa shape index (κ3) is 4.68. The molecule has 0 radical (unpaired) electrons. The molecule has 0 aliphatic carbocycles. The zero-order valence-electron chi connectivity index (χ0n) is 14.1. The second-order valence-electron chi connectivity index (χ2n) is 5.46. The van der Waals surface area contributed by atoms with Crippen molar-refractivity contribution in [2.45, 2.75) is 18.2 Å². The van der Waals surface area contributed by atoms with Gasteiger partial charge in [0.05, 0.1) is 17.8 Å². The zero-order chi connectivity index (χ0) is 19.4. The molecule has 27 heavy (non-hydrogen) atoms. The second kappa shape index (κ2) is 8.12. The summed E-state index contributed by atoms with van der Waals surface area (Å²) in [6, 6.07) is 7.79. The molecular weight excluding hydrogens is 412 g/mol. The number of esters is 1. The van der Waals surface area contributed by atoms with Gasteiger partial charge in [0.15, 0.2) is 5.13 Å². The first kappa shape index (κ1) is 19.4. The monoisotopic (exact) mass is 426 g/mol. The number of anilines is 1. The molecule has 0 aliphatic rings. The average Bonchev–Trinajstić information content (AvgIpc) is 3.29. The van der Waals surface area contributed by atoms with E-state index in [-0.39, 0.29) is 22.4 Å². The molecule has 0 amide bonds. The zero-order valence-corrected chi connectivity index (χ0v) is 16.5. The lowest BCUT2D eigenvalue weighted by Gasteiger charge is -2.09. The molecule has 142 valence electrons. The van der Waals surface area contributed by atoms with Crippen molar-refractivity contribution in [3.8, 4) is 0 Å². The van der Waals surface area contributed by atoms with Crippen molar-refractivity contribution in [3.63, 3.8) is 0 Å². The number of rotatable bonds is 7. The van der Waals surface area contributed by atoms with Crippen molar-refractivity contribution >= 4 is 44.1 Å². The molecule has 0 fully saturated rings.